The van der Waals surface area contributed by atoms with E-state index in [4.69, 9.17) is 0 Å². The molecule has 108 valence electrons. The summed E-state index contributed by atoms with van der Waals surface area (Å²) in [5, 5.41) is 12.1. The fraction of sp³-hybridized carbons (Fsp3) is 0.857. The lowest BCUT2D eigenvalue weighted by Gasteiger charge is -2.24. The Morgan fingerprint density at radius 2 is 2.00 bits per heavy atom. The number of nitrogens with two attached hydrogens (primary N) is 1. The Morgan fingerprint density at radius 3 is 2.68 bits per heavy atom. The van der Waals surface area contributed by atoms with Crippen molar-refractivity contribution in [1.29, 1.82) is 0 Å². The number of hydrogen-bond acceptors (Lipinski definition) is 3. The summed E-state index contributed by atoms with van der Waals surface area (Å²) in [7, 11) is 2.08. The van der Waals surface area contributed by atoms with E-state index in [9.17, 15) is 0 Å². The SMILES string of the molecule is CCSc1nnc(CC[NH2+]C2CCC(C)CC2)n1C. The summed E-state index contributed by atoms with van der Waals surface area (Å²) in [6, 6.07) is 0.842. The van der Waals surface area contributed by atoms with E-state index in [1.165, 1.54) is 25.7 Å². The summed E-state index contributed by atoms with van der Waals surface area (Å²) in [6.07, 6.45) is 6.61. The summed E-state index contributed by atoms with van der Waals surface area (Å²) in [4.78, 5) is 0. The Bertz CT molecular complexity index is 383. The van der Waals surface area contributed by atoms with Gasteiger partial charge in [0, 0.05) is 7.05 Å². The molecule has 0 aliphatic heterocycles. The molecule has 19 heavy (non-hydrogen) atoms. The van der Waals surface area contributed by atoms with Gasteiger partial charge in [-0.1, -0.05) is 25.6 Å². The van der Waals surface area contributed by atoms with Crippen molar-refractivity contribution in [3.05, 3.63) is 5.82 Å². The van der Waals surface area contributed by atoms with E-state index in [-0.39, 0.29) is 0 Å². The van der Waals surface area contributed by atoms with Gasteiger partial charge in [-0.25, -0.2) is 0 Å². The Labute approximate surface area is 120 Å². The predicted octanol–water partition coefficient (Wildman–Crippen LogP) is 1.61. The average molecular weight is 283 g/mol. The molecule has 0 bridgehead atoms. The molecule has 1 aromatic rings. The fourth-order valence-corrected chi connectivity index (χ4v) is 3.44. The highest BCUT2D eigenvalue weighted by Gasteiger charge is 2.20. The zero-order valence-corrected chi connectivity index (χ0v) is 13.2. The van der Waals surface area contributed by atoms with Crippen LogP contribution in [0.2, 0.25) is 0 Å². The topological polar surface area (TPSA) is 47.3 Å². The third-order valence-electron chi connectivity index (χ3n) is 4.13. The van der Waals surface area contributed by atoms with Gasteiger partial charge >= 0.3 is 0 Å². The summed E-state index contributed by atoms with van der Waals surface area (Å²) in [6.45, 7) is 5.67. The highest BCUT2D eigenvalue weighted by Crippen LogP contribution is 2.21. The largest absolute Gasteiger partial charge is 0.343 e. The first kappa shape index (κ1) is 14.9. The molecule has 0 atom stereocenters. The molecule has 1 heterocycles. The van der Waals surface area contributed by atoms with Crippen molar-refractivity contribution in [2.24, 2.45) is 13.0 Å². The lowest BCUT2D eigenvalue weighted by molar-refractivity contribution is -0.691. The molecular weight excluding hydrogens is 256 g/mol. The Morgan fingerprint density at radius 1 is 1.26 bits per heavy atom. The molecule has 4 nitrogen and oxygen atoms in total. The molecule has 2 rings (SSSR count). The minimum Gasteiger partial charge on any atom is -0.343 e. The van der Waals surface area contributed by atoms with E-state index in [0.717, 1.165) is 41.7 Å². The molecule has 0 radical (unpaired) electrons. The van der Waals surface area contributed by atoms with Crippen LogP contribution in [0.15, 0.2) is 5.16 Å². The zero-order chi connectivity index (χ0) is 13.7. The minimum atomic E-state index is 0.842. The van der Waals surface area contributed by atoms with Crippen molar-refractivity contribution in [2.75, 3.05) is 12.3 Å². The Kier molecular flexibility index (Phi) is 5.70. The second kappa shape index (κ2) is 7.29. The van der Waals surface area contributed by atoms with Crippen molar-refractivity contribution in [1.82, 2.24) is 14.8 Å². The Hall–Kier alpha value is -0.550. The van der Waals surface area contributed by atoms with Gasteiger partial charge in [-0.05, 0) is 37.4 Å². The van der Waals surface area contributed by atoms with Crippen LogP contribution in [0.25, 0.3) is 0 Å². The maximum absolute atomic E-state index is 4.30. The third kappa shape index (κ3) is 4.21. The quantitative estimate of drug-likeness (QED) is 0.807. The summed E-state index contributed by atoms with van der Waals surface area (Å²) < 4.78 is 2.14. The predicted molar refractivity (Wildman–Crippen MR) is 79.3 cm³/mol. The van der Waals surface area contributed by atoms with Crippen LogP contribution in [-0.4, -0.2) is 33.1 Å². The van der Waals surface area contributed by atoms with E-state index in [1.807, 2.05) is 0 Å². The van der Waals surface area contributed by atoms with Crippen molar-refractivity contribution in [3.8, 4) is 0 Å². The maximum Gasteiger partial charge on any atom is 0.190 e. The molecule has 0 saturated heterocycles. The average Bonchev–Trinajstić information content (AvgIpc) is 2.75. The maximum atomic E-state index is 4.30. The van der Waals surface area contributed by atoms with Crippen molar-refractivity contribution >= 4 is 11.8 Å². The number of aromatic nitrogens is 3. The third-order valence-corrected chi connectivity index (χ3v) is 5.03. The fourth-order valence-electron chi connectivity index (χ4n) is 2.79. The van der Waals surface area contributed by atoms with Gasteiger partial charge in [-0.2, -0.15) is 0 Å². The molecule has 0 spiro atoms. The smallest absolute Gasteiger partial charge is 0.190 e. The molecule has 2 N–H and O–H groups in total. The molecule has 0 aromatic carbocycles. The first-order valence-electron chi connectivity index (χ1n) is 7.55. The van der Waals surface area contributed by atoms with Crippen LogP contribution in [0.5, 0.6) is 0 Å². The van der Waals surface area contributed by atoms with Gasteiger partial charge in [0.1, 0.15) is 5.82 Å². The lowest BCUT2D eigenvalue weighted by atomic mass is 9.87. The van der Waals surface area contributed by atoms with Crippen LogP contribution in [0.3, 0.4) is 0 Å². The normalized spacial score (nSPS) is 23.7. The number of thioether (sulfide) groups is 1. The molecule has 5 heteroatoms. The van der Waals surface area contributed by atoms with Crippen LogP contribution in [-0.2, 0) is 13.5 Å². The van der Waals surface area contributed by atoms with E-state index >= 15 is 0 Å². The van der Waals surface area contributed by atoms with E-state index in [1.54, 1.807) is 11.8 Å². The van der Waals surface area contributed by atoms with Gasteiger partial charge in [0.25, 0.3) is 0 Å². The first-order chi connectivity index (χ1) is 9.20. The minimum absolute atomic E-state index is 0.842. The van der Waals surface area contributed by atoms with Crippen LogP contribution in [0.1, 0.15) is 45.4 Å². The molecule has 1 aromatic heterocycles. The molecular formula is C14H27N4S+. The highest BCUT2D eigenvalue weighted by molar-refractivity contribution is 7.99. The first-order valence-corrected chi connectivity index (χ1v) is 8.53. The molecule has 0 unspecified atom stereocenters. The van der Waals surface area contributed by atoms with Gasteiger partial charge in [0.2, 0.25) is 0 Å². The second-order valence-electron chi connectivity index (χ2n) is 5.69. The van der Waals surface area contributed by atoms with Gasteiger partial charge in [-0.15, -0.1) is 10.2 Å². The lowest BCUT2D eigenvalue weighted by Crippen LogP contribution is -2.90. The molecule has 1 saturated carbocycles. The summed E-state index contributed by atoms with van der Waals surface area (Å²) in [5.41, 5.74) is 0. The van der Waals surface area contributed by atoms with Crippen LogP contribution in [0, 0.1) is 5.92 Å². The van der Waals surface area contributed by atoms with Gasteiger partial charge < -0.3 is 9.88 Å². The second-order valence-corrected chi connectivity index (χ2v) is 6.92. The summed E-state index contributed by atoms with van der Waals surface area (Å²) in [5.74, 6) is 3.12. The molecule has 1 aliphatic rings. The van der Waals surface area contributed by atoms with Crippen molar-refractivity contribution in [2.45, 2.75) is 57.1 Å². The van der Waals surface area contributed by atoms with E-state index in [0.29, 0.717) is 0 Å². The zero-order valence-electron chi connectivity index (χ0n) is 12.4. The molecule has 1 fully saturated rings. The van der Waals surface area contributed by atoms with Crippen molar-refractivity contribution < 1.29 is 5.32 Å². The van der Waals surface area contributed by atoms with E-state index in [2.05, 4.69) is 41.0 Å². The van der Waals surface area contributed by atoms with Gasteiger partial charge in [0.05, 0.1) is 19.0 Å². The van der Waals surface area contributed by atoms with Gasteiger partial charge in [0.15, 0.2) is 5.16 Å². The molecule has 1 aliphatic carbocycles. The van der Waals surface area contributed by atoms with Crippen LogP contribution in [0.4, 0.5) is 0 Å². The standard InChI is InChI=1S/C14H26N4S/c1-4-19-14-17-16-13(18(14)3)9-10-15-12-7-5-11(2)6-8-12/h11-12,15H,4-10H2,1-3H3/p+1. The van der Waals surface area contributed by atoms with Crippen molar-refractivity contribution in [3.63, 3.8) is 0 Å². The Balaban J connectivity index is 1.73. The number of quaternary nitrogens is 1. The van der Waals surface area contributed by atoms with Crippen LogP contribution < -0.4 is 5.32 Å². The molecule has 0 amide bonds. The van der Waals surface area contributed by atoms with E-state index < -0.39 is 0 Å². The number of nitrogens with zero attached hydrogens (tertiary/aromatic N) is 3. The number of rotatable bonds is 6. The summed E-state index contributed by atoms with van der Waals surface area (Å²) >= 11 is 1.76. The highest BCUT2D eigenvalue weighted by atomic mass is 32.2. The van der Waals surface area contributed by atoms with Gasteiger partial charge in [-0.3, -0.25) is 0 Å². The number of hydrogen-bond donors (Lipinski definition) is 1. The monoisotopic (exact) mass is 283 g/mol. The van der Waals surface area contributed by atoms with Crippen LogP contribution >= 0.6 is 11.8 Å².